The van der Waals surface area contributed by atoms with Crippen LogP contribution >= 0.6 is 11.8 Å². The number of nitrogens with one attached hydrogen (secondary N) is 2. The first-order chi connectivity index (χ1) is 9.26. The van der Waals surface area contributed by atoms with Crippen molar-refractivity contribution >= 4 is 23.4 Å². The maximum Gasteiger partial charge on any atom is 0.252 e. The number of fused-ring (bicyclic) bond motifs is 1. The predicted molar refractivity (Wildman–Crippen MR) is 77.0 cm³/mol. The Labute approximate surface area is 120 Å². The summed E-state index contributed by atoms with van der Waals surface area (Å²) in [6, 6.07) is 1.47. The molecule has 7 nitrogen and oxygen atoms in total. The maximum absolute atomic E-state index is 11.8. The molecule has 0 fully saturated rings. The first kappa shape index (κ1) is 14.6. The van der Waals surface area contributed by atoms with Crippen molar-refractivity contribution in [3.8, 4) is 0 Å². The van der Waals surface area contributed by atoms with Crippen LogP contribution in [-0.2, 0) is 4.79 Å². The molecule has 20 heavy (non-hydrogen) atoms. The van der Waals surface area contributed by atoms with E-state index in [9.17, 15) is 9.59 Å². The smallest absolute Gasteiger partial charge is 0.252 e. The third-order valence-corrected chi connectivity index (χ3v) is 3.34. The number of aromatic amines is 1. The highest BCUT2D eigenvalue weighted by Crippen LogP contribution is 2.17. The first-order valence-electron chi connectivity index (χ1n) is 6.15. The lowest BCUT2D eigenvalue weighted by Gasteiger charge is -2.20. The second-order valence-corrected chi connectivity index (χ2v) is 6.45. The second kappa shape index (κ2) is 5.28. The van der Waals surface area contributed by atoms with Crippen molar-refractivity contribution in [2.24, 2.45) is 0 Å². The molecule has 0 saturated heterocycles. The number of hydrogen-bond acceptors (Lipinski definition) is 5. The summed E-state index contributed by atoms with van der Waals surface area (Å²) in [4.78, 5) is 25.7. The van der Waals surface area contributed by atoms with E-state index in [2.05, 4.69) is 20.5 Å². The molecule has 2 rings (SSSR count). The number of H-pyrrole nitrogens is 1. The normalized spacial score (nSPS) is 11.8. The molecule has 0 atom stereocenters. The van der Waals surface area contributed by atoms with Crippen LogP contribution in [0, 0.1) is 6.92 Å². The molecule has 0 unspecified atom stereocenters. The van der Waals surface area contributed by atoms with Gasteiger partial charge in [0.1, 0.15) is 0 Å². The third kappa shape index (κ3) is 3.38. The second-order valence-electron chi connectivity index (χ2n) is 5.50. The summed E-state index contributed by atoms with van der Waals surface area (Å²) in [6.07, 6.45) is 0. The minimum atomic E-state index is -0.258. The summed E-state index contributed by atoms with van der Waals surface area (Å²) in [6.45, 7) is 7.58. The number of rotatable bonds is 3. The monoisotopic (exact) mass is 295 g/mol. The topological polar surface area (TPSA) is 92.2 Å². The summed E-state index contributed by atoms with van der Waals surface area (Å²) >= 11 is 1.28. The Balaban J connectivity index is 2.15. The van der Waals surface area contributed by atoms with E-state index in [0.29, 0.717) is 10.9 Å². The summed E-state index contributed by atoms with van der Waals surface area (Å²) in [5.74, 6) is 0.562. The molecule has 0 aliphatic rings. The van der Waals surface area contributed by atoms with Crippen molar-refractivity contribution in [3.63, 3.8) is 0 Å². The Hall–Kier alpha value is -1.83. The Morgan fingerprint density at radius 2 is 2.15 bits per heavy atom. The quantitative estimate of drug-likeness (QED) is 0.815. The fourth-order valence-corrected chi connectivity index (χ4v) is 2.54. The van der Waals surface area contributed by atoms with Gasteiger partial charge in [0.2, 0.25) is 11.7 Å². The van der Waals surface area contributed by atoms with Gasteiger partial charge in [0.05, 0.1) is 5.75 Å². The zero-order chi connectivity index (χ0) is 14.9. The summed E-state index contributed by atoms with van der Waals surface area (Å²) < 4.78 is 1.72. The van der Waals surface area contributed by atoms with Gasteiger partial charge in [-0.1, -0.05) is 11.8 Å². The summed E-state index contributed by atoms with van der Waals surface area (Å²) in [5.41, 5.74) is 0.253. The number of thioether (sulfide) groups is 1. The predicted octanol–water partition coefficient (Wildman–Crippen LogP) is 0.733. The van der Waals surface area contributed by atoms with E-state index >= 15 is 0 Å². The van der Waals surface area contributed by atoms with Gasteiger partial charge in [-0.25, -0.2) is 0 Å². The van der Waals surface area contributed by atoms with Crippen LogP contribution in [0.3, 0.4) is 0 Å². The zero-order valence-electron chi connectivity index (χ0n) is 11.9. The van der Waals surface area contributed by atoms with Crippen molar-refractivity contribution in [1.29, 1.82) is 0 Å². The van der Waals surface area contributed by atoms with E-state index < -0.39 is 0 Å². The fourth-order valence-electron chi connectivity index (χ4n) is 1.75. The lowest BCUT2D eigenvalue weighted by atomic mass is 10.1. The maximum atomic E-state index is 11.8. The Kier molecular flexibility index (Phi) is 3.85. The third-order valence-electron chi connectivity index (χ3n) is 2.41. The van der Waals surface area contributed by atoms with E-state index in [1.54, 1.807) is 11.3 Å². The first-order valence-corrected chi connectivity index (χ1v) is 7.14. The van der Waals surface area contributed by atoms with Gasteiger partial charge in [-0.3, -0.25) is 19.0 Å². The van der Waals surface area contributed by atoms with Crippen molar-refractivity contribution < 1.29 is 4.79 Å². The lowest BCUT2D eigenvalue weighted by molar-refractivity contribution is -0.119. The van der Waals surface area contributed by atoms with Crippen molar-refractivity contribution in [2.75, 3.05) is 5.75 Å². The van der Waals surface area contributed by atoms with E-state index in [1.807, 2.05) is 20.8 Å². The molecule has 0 bridgehead atoms. The number of carbonyl (C=O) groups excluding carboxylic acids is 1. The van der Waals surface area contributed by atoms with Crippen molar-refractivity contribution in [2.45, 2.75) is 38.4 Å². The van der Waals surface area contributed by atoms with Gasteiger partial charge >= 0.3 is 0 Å². The number of aromatic nitrogens is 4. The van der Waals surface area contributed by atoms with Gasteiger partial charge < -0.3 is 5.32 Å². The summed E-state index contributed by atoms with van der Waals surface area (Å²) in [7, 11) is 0. The fraction of sp³-hybridized carbons (Fsp3) is 0.500. The molecule has 8 heteroatoms. The van der Waals surface area contributed by atoms with Crippen LogP contribution in [0.4, 0.5) is 0 Å². The zero-order valence-corrected chi connectivity index (χ0v) is 12.7. The Morgan fingerprint density at radius 1 is 1.45 bits per heavy atom. The molecule has 0 saturated carbocycles. The Morgan fingerprint density at radius 3 is 2.80 bits per heavy atom. The lowest BCUT2D eigenvalue weighted by Crippen LogP contribution is -2.41. The minimum Gasteiger partial charge on any atom is -0.351 e. The molecule has 1 amide bonds. The average molecular weight is 295 g/mol. The van der Waals surface area contributed by atoms with E-state index in [1.165, 1.54) is 17.8 Å². The van der Waals surface area contributed by atoms with Gasteiger partial charge in [0, 0.05) is 17.3 Å². The van der Waals surface area contributed by atoms with Crippen LogP contribution in [-0.4, -0.2) is 36.8 Å². The molecule has 0 radical (unpaired) electrons. The number of carbonyl (C=O) groups is 1. The number of amides is 1. The Bertz CT molecular complexity index is 698. The molecule has 2 aromatic rings. The standard InChI is InChI=1S/C12H17N5O2S/c1-7-5-8(18)13-10-15-16-11(17(7)10)20-6-9(19)14-12(2,3)4/h5H,6H2,1-4H3,(H,14,19)(H,13,15,18). The van der Waals surface area contributed by atoms with Crippen LogP contribution in [0.5, 0.6) is 0 Å². The molecule has 0 aliphatic heterocycles. The van der Waals surface area contributed by atoms with Gasteiger partial charge in [0.15, 0.2) is 5.16 Å². The van der Waals surface area contributed by atoms with Crippen molar-refractivity contribution in [3.05, 3.63) is 22.1 Å². The van der Waals surface area contributed by atoms with Crippen LogP contribution in [0.25, 0.3) is 5.78 Å². The molecule has 0 aliphatic carbocycles. The number of nitrogens with zero attached hydrogens (tertiary/aromatic N) is 3. The minimum absolute atomic E-state index is 0.0682. The highest BCUT2D eigenvalue weighted by Gasteiger charge is 2.16. The largest absolute Gasteiger partial charge is 0.351 e. The van der Waals surface area contributed by atoms with Crippen molar-refractivity contribution in [1.82, 2.24) is 24.9 Å². The van der Waals surface area contributed by atoms with Crippen LogP contribution in [0.1, 0.15) is 26.5 Å². The van der Waals surface area contributed by atoms with Gasteiger partial charge in [-0.2, -0.15) is 0 Å². The number of aryl methyl sites for hydroxylation is 1. The van der Waals surface area contributed by atoms with E-state index in [0.717, 1.165) is 5.69 Å². The molecular weight excluding hydrogens is 278 g/mol. The summed E-state index contributed by atoms with van der Waals surface area (Å²) in [5, 5.41) is 11.3. The SMILES string of the molecule is Cc1cc(=O)[nH]c2nnc(SCC(=O)NC(C)(C)C)n12. The van der Waals surface area contributed by atoms with Crippen LogP contribution in [0.2, 0.25) is 0 Å². The van der Waals surface area contributed by atoms with E-state index in [4.69, 9.17) is 0 Å². The number of hydrogen-bond donors (Lipinski definition) is 2. The van der Waals surface area contributed by atoms with Gasteiger partial charge in [-0.05, 0) is 27.7 Å². The molecule has 108 valence electrons. The van der Waals surface area contributed by atoms with Crippen LogP contribution < -0.4 is 10.9 Å². The van der Waals surface area contributed by atoms with Crippen LogP contribution in [0.15, 0.2) is 16.0 Å². The molecule has 0 aromatic carbocycles. The molecule has 2 aromatic heterocycles. The average Bonchev–Trinajstić information content (AvgIpc) is 2.67. The van der Waals surface area contributed by atoms with E-state index in [-0.39, 0.29) is 22.8 Å². The molecule has 0 spiro atoms. The molecule has 2 N–H and O–H groups in total. The highest BCUT2D eigenvalue weighted by molar-refractivity contribution is 7.99. The molecular formula is C12H17N5O2S. The van der Waals surface area contributed by atoms with Gasteiger partial charge in [-0.15, -0.1) is 10.2 Å². The molecule has 2 heterocycles. The van der Waals surface area contributed by atoms with Gasteiger partial charge in [0.25, 0.3) is 5.56 Å². The highest BCUT2D eigenvalue weighted by atomic mass is 32.2.